The second-order valence-corrected chi connectivity index (χ2v) is 7.86. The highest BCUT2D eigenvalue weighted by Crippen LogP contribution is 2.49. The van der Waals surface area contributed by atoms with Gasteiger partial charge in [0.15, 0.2) is 6.61 Å². The molecule has 122 valence electrons. The Kier molecular flexibility index (Phi) is 4.06. The molecule has 2 fully saturated rings. The number of hydrogen-bond donors (Lipinski definition) is 1. The Bertz CT molecular complexity index is 634. The van der Waals surface area contributed by atoms with Crippen LogP contribution >= 0.6 is 11.8 Å². The van der Waals surface area contributed by atoms with Gasteiger partial charge in [-0.15, -0.1) is 11.8 Å². The molecule has 0 bridgehead atoms. The van der Waals surface area contributed by atoms with Crippen molar-refractivity contribution in [1.82, 2.24) is 10.2 Å². The molecular weight excluding hydrogens is 316 g/mol. The minimum atomic E-state index is -0.587. The molecule has 0 aliphatic carbocycles. The van der Waals surface area contributed by atoms with Crippen LogP contribution in [0.25, 0.3) is 0 Å². The third-order valence-electron chi connectivity index (χ3n) is 4.07. The first-order valence-corrected chi connectivity index (χ1v) is 8.24. The van der Waals surface area contributed by atoms with Crippen LogP contribution in [0, 0.1) is 0 Å². The van der Waals surface area contributed by atoms with Gasteiger partial charge in [-0.05, 0) is 26.0 Å². The van der Waals surface area contributed by atoms with Crippen LogP contribution in [0.15, 0.2) is 30.3 Å². The lowest BCUT2D eigenvalue weighted by atomic mass is 9.97. The maximum absolute atomic E-state index is 12.2. The highest BCUT2D eigenvalue weighted by molar-refractivity contribution is 8.01. The predicted molar refractivity (Wildman–Crippen MR) is 86.0 cm³/mol. The molecule has 2 aliphatic heterocycles. The lowest BCUT2D eigenvalue weighted by molar-refractivity contribution is -0.152. The van der Waals surface area contributed by atoms with Crippen molar-refractivity contribution >= 4 is 29.9 Å². The van der Waals surface area contributed by atoms with Crippen molar-refractivity contribution in [2.24, 2.45) is 0 Å². The predicted octanol–water partition coefficient (Wildman–Crippen LogP) is 0.811. The Balaban J connectivity index is 1.56. The van der Waals surface area contributed by atoms with E-state index in [4.69, 9.17) is 4.74 Å². The van der Waals surface area contributed by atoms with E-state index in [-0.39, 0.29) is 28.5 Å². The number of carbonyl (C=O) groups is 3. The summed E-state index contributed by atoms with van der Waals surface area (Å²) in [6.45, 7) is 3.71. The van der Waals surface area contributed by atoms with Crippen molar-refractivity contribution in [1.29, 1.82) is 0 Å². The van der Waals surface area contributed by atoms with Crippen molar-refractivity contribution in [2.75, 3.05) is 6.61 Å². The average molecular weight is 334 g/mol. The summed E-state index contributed by atoms with van der Waals surface area (Å²) in [5, 5.41) is 2.51. The molecule has 7 heteroatoms. The summed E-state index contributed by atoms with van der Waals surface area (Å²) >= 11 is 1.54. The van der Waals surface area contributed by atoms with E-state index in [1.54, 1.807) is 17.0 Å². The molecule has 0 saturated carbocycles. The van der Waals surface area contributed by atoms with Crippen LogP contribution in [0.4, 0.5) is 0 Å². The molecule has 0 radical (unpaired) electrons. The summed E-state index contributed by atoms with van der Waals surface area (Å²) in [6.07, 6.45) is 0.807. The van der Waals surface area contributed by atoms with Gasteiger partial charge in [0.25, 0.3) is 5.91 Å². The lowest BCUT2D eigenvalue weighted by Gasteiger charge is -2.43. The minimum Gasteiger partial charge on any atom is -0.484 e. The number of benzene rings is 1. The Hall–Kier alpha value is -2.02. The fourth-order valence-corrected chi connectivity index (χ4v) is 4.47. The number of β-lactam (4-membered cyclic amide) rings is 1. The molecule has 23 heavy (non-hydrogen) atoms. The van der Waals surface area contributed by atoms with E-state index < -0.39 is 12.1 Å². The third-order valence-corrected chi connectivity index (χ3v) is 5.66. The van der Waals surface area contributed by atoms with Crippen molar-refractivity contribution in [3.8, 4) is 5.75 Å². The molecule has 3 atom stereocenters. The van der Waals surface area contributed by atoms with Gasteiger partial charge in [-0.1, -0.05) is 18.2 Å². The molecule has 1 N–H and O–H groups in total. The van der Waals surface area contributed by atoms with Gasteiger partial charge in [-0.2, -0.15) is 0 Å². The highest BCUT2D eigenvalue weighted by atomic mass is 32.2. The summed E-state index contributed by atoms with van der Waals surface area (Å²) in [5.74, 6) is 0.0413. The first-order valence-electron chi connectivity index (χ1n) is 7.36. The van der Waals surface area contributed by atoms with Gasteiger partial charge in [0, 0.05) is 4.75 Å². The number of nitrogens with zero attached hydrogens (tertiary/aromatic N) is 1. The molecule has 0 spiro atoms. The van der Waals surface area contributed by atoms with Crippen LogP contribution in [0.5, 0.6) is 5.75 Å². The number of para-hydroxylation sites is 1. The maximum atomic E-state index is 12.2. The topological polar surface area (TPSA) is 75.7 Å². The van der Waals surface area contributed by atoms with Gasteiger partial charge < -0.3 is 19.7 Å². The number of ether oxygens (including phenoxy) is 1. The number of hydrogen-bond acceptors (Lipinski definition) is 5. The number of fused-ring (bicyclic) bond motifs is 1. The monoisotopic (exact) mass is 334 g/mol. The largest absolute Gasteiger partial charge is 0.484 e. The van der Waals surface area contributed by atoms with E-state index in [1.165, 1.54) is 11.8 Å². The van der Waals surface area contributed by atoms with E-state index in [2.05, 4.69) is 5.32 Å². The van der Waals surface area contributed by atoms with Crippen LogP contribution in [0.1, 0.15) is 13.8 Å². The van der Waals surface area contributed by atoms with Gasteiger partial charge in [0.1, 0.15) is 29.5 Å². The Labute approximate surface area is 138 Å². The van der Waals surface area contributed by atoms with Crippen LogP contribution in [0.3, 0.4) is 0 Å². The summed E-state index contributed by atoms with van der Waals surface area (Å²) in [5.41, 5.74) is 0. The van der Waals surface area contributed by atoms with Crippen LogP contribution < -0.4 is 10.1 Å². The molecule has 6 nitrogen and oxygen atoms in total. The fourth-order valence-electron chi connectivity index (χ4n) is 2.87. The van der Waals surface area contributed by atoms with E-state index in [1.807, 2.05) is 32.0 Å². The molecular formula is C16H18N2O4S. The second kappa shape index (κ2) is 5.88. The number of thioether (sulfide) groups is 1. The average Bonchev–Trinajstić information content (AvgIpc) is 2.79. The van der Waals surface area contributed by atoms with Crippen LogP contribution in [0.2, 0.25) is 0 Å². The first kappa shape index (κ1) is 15.9. The summed E-state index contributed by atoms with van der Waals surface area (Å²) in [4.78, 5) is 37.0. The van der Waals surface area contributed by atoms with Crippen molar-refractivity contribution in [3.05, 3.63) is 30.3 Å². The maximum Gasteiger partial charge on any atom is 0.258 e. The summed E-state index contributed by atoms with van der Waals surface area (Å²) < 4.78 is 5.02. The van der Waals surface area contributed by atoms with Gasteiger partial charge in [0.05, 0.1) is 0 Å². The van der Waals surface area contributed by atoms with E-state index >= 15 is 0 Å². The fraction of sp³-hybridized carbons (Fsp3) is 0.438. The van der Waals surface area contributed by atoms with Crippen molar-refractivity contribution in [2.45, 2.75) is 36.1 Å². The van der Waals surface area contributed by atoms with E-state index in [0.29, 0.717) is 5.75 Å². The third kappa shape index (κ3) is 2.81. The zero-order chi connectivity index (χ0) is 16.6. The number of nitrogens with one attached hydrogen (secondary N) is 1. The molecule has 2 amide bonds. The normalized spacial score (nSPS) is 27.8. The molecule has 1 aromatic carbocycles. The van der Waals surface area contributed by atoms with E-state index in [9.17, 15) is 14.4 Å². The van der Waals surface area contributed by atoms with Crippen LogP contribution in [-0.4, -0.2) is 51.8 Å². The molecule has 2 aliphatic rings. The number of rotatable bonds is 5. The van der Waals surface area contributed by atoms with Gasteiger partial charge >= 0.3 is 0 Å². The van der Waals surface area contributed by atoms with Gasteiger partial charge in [-0.25, -0.2) is 0 Å². The van der Waals surface area contributed by atoms with Crippen LogP contribution in [-0.2, 0) is 14.4 Å². The second-order valence-electron chi connectivity index (χ2n) is 6.09. The summed E-state index contributed by atoms with van der Waals surface area (Å²) in [7, 11) is 0. The quantitative estimate of drug-likeness (QED) is 0.637. The summed E-state index contributed by atoms with van der Waals surface area (Å²) in [6, 6.07) is 7.97. The zero-order valence-electron chi connectivity index (χ0n) is 12.9. The molecule has 3 rings (SSSR count). The van der Waals surface area contributed by atoms with Crippen molar-refractivity contribution < 1.29 is 19.1 Å². The number of aldehydes is 1. The Morgan fingerprint density at radius 3 is 2.74 bits per heavy atom. The Morgan fingerprint density at radius 1 is 1.39 bits per heavy atom. The van der Waals surface area contributed by atoms with Crippen molar-refractivity contribution in [3.63, 3.8) is 0 Å². The SMILES string of the molecule is CC1(C)S[C@@H]2[C@H](NC(=O)COc3ccccc3)C(=O)N2[C@H]1C=O. The van der Waals surface area contributed by atoms with Gasteiger partial charge in [0.2, 0.25) is 5.91 Å². The lowest BCUT2D eigenvalue weighted by Crippen LogP contribution is -2.70. The zero-order valence-corrected chi connectivity index (χ0v) is 13.7. The highest BCUT2D eigenvalue weighted by Gasteiger charge is 2.61. The smallest absolute Gasteiger partial charge is 0.258 e. The molecule has 2 heterocycles. The number of amides is 2. The Morgan fingerprint density at radius 2 is 2.09 bits per heavy atom. The minimum absolute atomic E-state index is 0.147. The molecule has 1 aromatic rings. The first-order chi connectivity index (χ1) is 10.9. The van der Waals surface area contributed by atoms with Gasteiger partial charge in [-0.3, -0.25) is 9.59 Å². The molecule has 2 saturated heterocycles. The van der Waals surface area contributed by atoms with E-state index in [0.717, 1.165) is 6.29 Å². The standard InChI is InChI=1S/C16H18N2O4S/c1-16(2)11(8-19)18-14(21)13(15(18)23-16)17-12(20)9-22-10-6-4-3-5-7-10/h3-8,11,13,15H,9H2,1-2H3,(H,17,20)/t11-,13+,15+/m0/s1. The molecule has 0 unspecified atom stereocenters. The molecule has 0 aromatic heterocycles. The number of carbonyl (C=O) groups excluding carboxylic acids is 3.